The Morgan fingerprint density at radius 1 is 1.04 bits per heavy atom. The van der Waals surface area contributed by atoms with Gasteiger partial charge in [-0.05, 0) is 25.7 Å². The first-order chi connectivity index (χ1) is 12.6. The molecule has 26 heavy (non-hydrogen) atoms. The molecule has 0 saturated carbocycles. The number of likely N-dealkylation sites (tertiary alicyclic amines) is 1. The van der Waals surface area contributed by atoms with E-state index in [1.54, 1.807) is 4.90 Å². The number of nitrogens with zero attached hydrogens (tertiary/aromatic N) is 4. The number of aromatic nitrogens is 5. The van der Waals surface area contributed by atoms with Gasteiger partial charge in [-0.2, -0.15) is 0 Å². The topological polar surface area (TPSA) is 117 Å². The number of H-pyrrole nitrogens is 2. The summed E-state index contributed by atoms with van der Waals surface area (Å²) in [6.07, 6.45) is 6.14. The number of piperidine rings is 1. The molecule has 1 saturated heterocycles. The van der Waals surface area contributed by atoms with E-state index in [2.05, 4.69) is 24.7 Å². The van der Waals surface area contributed by atoms with Gasteiger partial charge in [0.25, 0.3) is 11.5 Å². The lowest BCUT2D eigenvalue weighted by atomic mass is 9.95. The number of hydrogen-bond acceptors (Lipinski definition) is 5. The van der Waals surface area contributed by atoms with Crippen molar-refractivity contribution in [3.63, 3.8) is 0 Å². The summed E-state index contributed by atoms with van der Waals surface area (Å²) in [6, 6.07) is 1.13. The number of aromatic amines is 2. The van der Waals surface area contributed by atoms with Crippen LogP contribution in [0.15, 0.2) is 15.7 Å². The van der Waals surface area contributed by atoms with Crippen LogP contribution in [0, 0.1) is 0 Å². The standard InChI is InChI=1S/C17H22N6O3/c24-14-10-12(18-17(26)19-14)16(25)22-8-5-11(6-9-22)15-21-20-13-4-2-1-3-7-23(13)15/h10-11H,1-9H2,(H2,18,19,24,26). The molecule has 1 amide bonds. The average Bonchev–Trinajstić information content (AvgIpc) is 2.89. The quantitative estimate of drug-likeness (QED) is 0.806. The van der Waals surface area contributed by atoms with Crippen molar-refractivity contribution in [2.45, 2.75) is 51.0 Å². The molecular formula is C17H22N6O3. The first-order valence-electron chi connectivity index (χ1n) is 9.17. The summed E-state index contributed by atoms with van der Waals surface area (Å²) < 4.78 is 2.27. The minimum atomic E-state index is -0.665. The Labute approximate surface area is 149 Å². The Kier molecular flexibility index (Phi) is 4.44. The molecule has 9 heteroatoms. The highest BCUT2D eigenvalue weighted by atomic mass is 16.2. The molecule has 0 atom stereocenters. The van der Waals surface area contributed by atoms with Crippen LogP contribution in [0.2, 0.25) is 0 Å². The number of hydrogen-bond donors (Lipinski definition) is 2. The molecule has 4 rings (SSSR count). The molecule has 2 aliphatic heterocycles. The molecule has 0 aromatic carbocycles. The van der Waals surface area contributed by atoms with Crippen LogP contribution in [0.1, 0.15) is 60.2 Å². The Balaban J connectivity index is 1.46. The van der Waals surface area contributed by atoms with Crippen LogP contribution in [0.25, 0.3) is 0 Å². The van der Waals surface area contributed by atoms with Gasteiger partial charge in [0.05, 0.1) is 0 Å². The molecule has 1 fully saturated rings. The minimum absolute atomic E-state index is 0.0357. The highest BCUT2D eigenvalue weighted by molar-refractivity contribution is 5.92. The second kappa shape index (κ2) is 6.89. The molecule has 2 aliphatic rings. The zero-order valence-electron chi connectivity index (χ0n) is 14.5. The molecular weight excluding hydrogens is 336 g/mol. The van der Waals surface area contributed by atoms with Crippen molar-refractivity contribution in [2.24, 2.45) is 0 Å². The van der Waals surface area contributed by atoms with E-state index in [4.69, 9.17) is 0 Å². The summed E-state index contributed by atoms with van der Waals surface area (Å²) in [5.74, 6) is 2.10. The molecule has 2 N–H and O–H groups in total. The van der Waals surface area contributed by atoms with Crippen LogP contribution in [-0.2, 0) is 13.0 Å². The van der Waals surface area contributed by atoms with Crippen molar-refractivity contribution in [1.82, 2.24) is 29.6 Å². The molecule has 0 unspecified atom stereocenters. The molecule has 0 radical (unpaired) electrons. The summed E-state index contributed by atoms with van der Waals surface area (Å²) in [4.78, 5) is 41.5. The van der Waals surface area contributed by atoms with Crippen LogP contribution in [0.4, 0.5) is 0 Å². The van der Waals surface area contributed by atoms with Crippen molar-refractivity contribution >= 4 is 5.91 Å². The zero-order chi connectivity index (χ0) is 18.1. The third-order valence-corrected chi connectivity index (χ3v) is 5.28. The maximum atomic E-state index is 12.5. The lowest BCUT2D eigenvalue weighted by Crippen LogP contribution is -2.40. The van der Waals surface area contributed by atoms with Crippen LogP contribution in [0.3, 0.4) is 0 Å². The van der Waals surface area contributed by atoms with Gasteiger partial charge in [0, 0.05) is 38.0 Å². The Hall–Kier alpha value is -2.71. The van der Waals surface area contributed by atoms with E-state index in [0.717, 1.165) is 49.9 Å². The lowest BCUT2D eigenvalue weighted by molar-refractivity contribution is 0.0703. The van der Waals surface area contributed by atoms with E-state index >= 15 is 0 Å². The fraction of sp³-hybridized carbons (Fsp3) is 0.588. The van der Waals surface area contributed by atoms with E-state index in [9.17, 15) is 14.4 Å². The third-order valence-electron chi connectivity index (χ3n) is 5.28. The monoisotopic (exact) mass is 358 g/mol. The second-order valence-electron chi connectivity index (χ2n) is 7.00. The predicted molar refractivity (Wildman–Crippen MR) is 93.1 cm³/mol. The molecule has 4 heterocycles. The average molecular weight is 358 g/mol. The maximum Gasteiger partial charge on any atom is 0.326 e. The van der Waals surface area contributed by atoms with Gasteiger partial charge in [-0.1, -0.05) is 6.42 Å². The fourth-order valence-corrected chi connectivity index (χ4v) is 3.90. The maximum absolute atomic E-state index is 12.5. The number of nitrogens with one attached hydrogen (secondary N) is 2. The van der Waals surface area contributed by atoms with Crippen LogP contribution in [0.5, 0.6) is 0 Å². The van der Waals surface area contributed by atoms with Crippen LogP contribution < -0.4 is 11.2 Å². The van der Waals surface area contributed by atoms with E-state index in [1.807, 2.05) is 0 Å². The van der Waals surface area contributed by atoms with Gasteiger partial charge in [-0.3, -0.25) is 14.6 Å². The number of carbonyl (C=O) groups is 1. The summed E-state index contributed by atoms with van der Waals surface area (Å²) in [6.45, 7) is 2.12. The summed E-state index contributed by atoms with van der Waals surface area (Å²) >= 11 is 0. The van der Waals surface area contributed by atoms with Crippen molar-refractivity contribution in [3.05, 3.63) is 44.2 Å². The highest BCUT2D eigenvalue weighted by Crippen LogP contribution is 2.29. The van der Waals surface area contributed by atoms with E-state index in [-0.39, 0.29) is 17.5 Å². The van der Waals surface area contributed by atoms with Crippen molar-refractivity contribution in [1.29, 1.82) is 0 Å². The summed E-state index contributed by atoms with van der Waals surface area (Å²) in [5, 5.41) is 8.80. The van der Waals surface area contributed by atoms with E-state index in [0.29, 0.717) is 13.1 Å². The van der Waals surface area contributed by atoms with Gasteiger partial charge in [-0.25, -0.2) is 4.79 Å². The van der Waals surface area contributed by atoms with Gasteiger partial charge in [0.15, 0.2) is 0 Å². The number of rotatable bonds is 2. The van der Waals surface area contributed by atoms with Gasteiger partial charge >= 0.3 is 5.69 Å². The van der Waals surface area contributed by atoms with Crippen LogP contribution >= 0.6 is 0 Å². The van der Waals surface area contributed by atoms with E-state index in [1.165, 1.54) is 12.8 Å². The summed E-state index contributed by atoms with van der Waals surface area (Å²) in [5.41, 5.74) is -1.20. The minimum Gasteiger partial charge on any atom is -0.337 e. The largest absolute Gasteiger partial charge is 0.337 e. The lowest BCUT2D eigenvalue weighted by Gasteiger charge is -2.31. The SMILES string of the molecule is O=C(c1cc(=O)[nH]c(=O)[nH]1)N1CCC(c2nnc3n2CCCCC3)CC1. The molecule has 0 spiro atoms. The zero-order valence-corrected chi connectivity index (χ0v) is 14.5. The van der Waals surface area contributed by atoms with Gasteiger partial charge in [-0.15, -0.1) is 10.2 Å². The Bertz CT molecular complexity index is 891. The van der Waals surface area contributed by atoms with Gasteiger partial charge in [0.1, 0.15) is 17.3 Å². The Morgan fingerprint density at radius 3 is 2.62 bits per heavy atom. The Morgan fingerprint density at radius 2 is 1.85 bits per heavy atom. The molecule has 9 nitrogen and oxygen atoms in total. The van der Waals surface area contributed by atoms with Crippen molar-refractivity contribution < 1.29 is 4.79 Å². The number of amides is 1. The predicted octanol–water partition coefficient (Wildman–Crippen LogP) is 0.401. The smallest absolute Gasteiger partial charge is 0.326 e. The van der Waals surface area contributed by atoms with E-state index < -0.39 is 11.2 Å². The van der Waals surface area contributed by atoms with Gasteiger partial charge in [0.2, 0.25) is 0 Å². The first kappa shape index (κ1) is 16.7. The molecule has 0 bridgehead atoms. The molecule has 2 aromatic rings. The third kappa shape index (κ3) is 3.21. The number of aryl methyl sites for hydroxylation is 1. The normalized spacial score (nSPS) is 18.4. The number of carbonyl (C=O) groups excluding carboxylic acids is 1. The number of fused-ring (bicyclic) bond motifs is 1. The second-order valence-corrected chi connectivity index (χ2v) is 7.00. The first-order valence-corrected chi connectivity index (χ1v) is 9.17. The van der Waals surface area contributed by atoms with Gasteiger partial charge < -0.3 is 14.5 Å². The molecule has 0 aliphatic carbocycles. The molecule has 138 valence electrons. The van der Waals surface area contributed by atoms with Crippen molar-refractivity contribution in [2.75, 3.05) is 13.1 Å². The van der Waals surface area contributed by atoms with Crippen molar-refractivity contribution in [3.8, 4) is 0 Å². The fourth-order valence-electron chi connectivity index (χ4n) is 3.90. The van der Waals surface area contributed by atoms with Crippen LogP contribution in [-0.4, -0.2) is 48.6 Å². The highest BCUT2D eigenvalue weighted by Gasteiger charge is 2.29. The molecule has 2 aromatic heterocycles. The summed E-state index contributed by atoms with van der Waals surface area (Å²) in [7, 11) is 0.